The van der Waals surface area contributed by atoms with Crippen molar-refractivity contribution in [1.29, 1.82) is 0 Å². The lowest BCUT2D eigenvalue weighted by molar-refractivity contribution is 0.173. The van der Waals surface area contributed by atoms with E-state index in [9.17, 15) is 8.42 Å². The molecule has 0 amide bonds. The van der Waals surface area contributed by atoms with Crippen molar-refractivity contribution in [2.24, 2.45) is 5.92 Å². The molecular formula is C11H22N2O2S. The smallest absolute Gasteiger partial charge is 0.211 e. The zero-order valence-electron chi connectivity index (χ0n) is 10.2. The second-order valence-corrected chi connectivity index (χ2v) is 6.35. The average Bonchev–Trinajstić information content (AvgIpc) is 2.25. The van der Waals surface area contributed by atoms with Gasteiger partial charge in [0.1, 0.15) is 0 Å². The second-order valence-electron chi connectivity index (χ2n) is 4.37. The van der Waals surface area contributed by atoms with Crippen LogP contribution in [0.5, 0.6) is 0 Å². The first-order chi connectivity index (χ1) is 7.47. The molecule has 0 bridgehead atoms. The van der Waals surface area contributed by atoms with Crippen LogP contribution in [0, 0.1) is 5.92 Å². The van der Waals surface area contributed by atoms with Crippen LogP contribution in [0.3, 0.4) is 0 Å². The monoisotopic (exact) mass is 246 g/mol. The molecule has 0 spiro atoms. The maximum Gasteiger partial charge on any atom is 0.211 e. The highest BCUT2D eigenvalue weighted by Gasteiger charge is 2.23. The van der Waals surface area contributed by atoms with E-state index in [0.29, 0.717) is 19.0 Å². The summed E-state index contributed by atoms with van der Waals surface area (Å²) in [6, 6.07) is 0. The van der Waals surface area contributed by atoms with Gasteiger partial charge in [0.15, 0.2) is 0 Å². The van der Waals surface area contributed by atoms with E-state index in [1.165, 1.54) is 6.26 Å². The molecule has 1 fully saturated rings. The van der Waals surface area contributed by atoms with E-state index in [-0.39, 0.29) is 0 Å². The van der Waals surface area contributed by atoms with Crippen molar-refractivity contribution in [3.8, 4) is 0 Å². The van der Waals surface area contributed by atoms with E-state index in [0.717, 1.165) is 26.1 Å². The summed E-state index contributed by atoms with van der Waals surface area (Å²) in [5.74, 6) is 0.518. The topological polar surface area (TPSA) is 40.6 Å². The SMILES string of the molecule is C=CC(CC)CN1CCN(S(C)(=O)=O)CC1. The van der Waals surface area contributed by atoms with Crippen molar-refractivity contribution < 1.29 is 8.42 Å². The predicted octanol–water partition coefficient (Wildman–Crippen LogP) is 0.776. The predicted molar refractivity (Wildman–Crippen MR) is 66.8 cm³/mol. The Morgan fingerprint density at radius 2 is 1.88 bits per heavy atom. The molecule has 1 heterocycles. The minimum Gasteiger partial charge on any atom is -0.300 e. The Hall–Kier alpha value is -0.390. The van der Waals surface area contributed by atoms with Crippen LogP contribution < -0.4 is 0 Å². The van der Waals surface area contributed by atoms with Gasteiger partial charge in [0, 0.05) is 32.7 Å². The molecule has 0 aliphatic carbocycles. The minimum absolute atomic E-state index is 0.518. The first-order valence-corrected chi connectivity index (χ1v) is 7.62. The van der Waals surface area contributed by atoms with Crippen molar-refractivity contribution >= 4 is 10.0 Å². The van der Waals surface area contributed by atoms with Crippen LogP contribution in [-0.2, 0) is 10.0 Å². The van der Waals surface area contributed by atoms with Gasteiger partial charge >= 0.3 is 0 Å². The molecule has 1 saturated heterocycles. The molecule has 0 aromatic carbocycles. The number of piperazine rings is 1. The van der Waals surface area contributed by atoms with Gasteiger partial charge in [0.25, 0.3) is 0 Å². The first kappa shape index (κ1) is 13.7. The van der Waals surface area contributed by atoms with Gasteiger partial charge in [-0.2, -0.15) is 4.31 Å². The van der Waals surface area contributed by atoms with Gasteiger partial charge in [0.2, 0.25) is 10.0 Å². The lowest BCUT2D eigenvalue weighted by Gasteiger charge is -2.34. The molecule has 0 N–H and O–H groups in total. The fourth-order valence-electron chi connectivity index (χ4n) is 1.95. The summed E-state index contributed by atoms with van der Waals surface area (Å²) < 4.78 is 24.2. The van der Waals surface area contributed by atoms with Crippen LogP contribution in [0.25, 0.3) is 0 Å². The average molecular weight is 246 g/mol. The van der Waals surface area contributed by atoms with Crippen molar-refractivity contribution in [2.45, 2.75) is 13.3 Å². The molecule has 1 aliphatic rings. The lowest BCUT2D eigenvalue weighted by Crippen LogP contribution is -2.49. The summed E-state index contributed by atoms with van der Waals surface area (Å²) in [7, 11) is -3.00. The van der Waals surface area contributed by atoms with Gasteiger partial charge in [-0.1, -0.05) is 13.0 Å². The van der Waals surface area contributed by atoms with Gasteiger partial charge in [0.05, 0.1) is 6.26 Å². The van der Waals surface area contributed by atoms with Crippen LogP contribution in [-0.4, -0.2) is 56.6 Å². The Morgan fingerprint density at radius 1 is 1.31 bits per heavy atom. The molecular weight excluding hydrogens is 224 g/mol. The third-order valence-corrected chi connectivity index (χ3v) is 4.45. The molecule has 0 saturated carbocycles. The minimum atomic E-state index is -3.00. The zero-order chi connectivity index (χ0) is 12.2. The van der Waals surface area contributed by atoms with E-state index in [1.54, 1.807) is 4.31 Å². The summed E-state index contributed by atoms with van der Waals surface area (Å²) in [4.78, 5) is 2.32. The molecule has 16 heavy (non-hydrogen) atoms. The Labute approximate surface area is 99.0 Å². The van der Waals surface area contributed by atoms with E-state index < -0.39 is 10.0 Å². The normalized spacial score (nSPS) is 21.9. The second kappa shape index (κ2) is 5.80. The summed E-state index contributed by atoms with van der Waals surface area (Å²) in [5, 5.41) is 0. The zero-order valence-corrected chi connectivity index (χ0v) is 11.0. The largest absolute Gasteiger partial charge is 0.300 e. The fraction of sp³-hybridized carbons (Fsp3) is 0.818. The molecule has 0 radical (unpaired) electrons. The van der Waals surface area contributed by atoms with Gasteiger partial charge < -0.3 is 4.90 Å². The van der Waals surface area contributed by atoms with Gasteiger partial charge in [-0.3, -0.25) is 0 Å². The van der Waals surface area contributed by atoms with E-state index in [2.05, 4.69) is 18.4 Å². The van der Waals surface area contributed by atoms with Gasteiger partial charge in [-0.05, 0) is 12.3 Å². The molecule has 94 valence electrons. The van der Waals surface area contributed by atoms with Crippen LogP contribution in [0.15, 0.2) is 12.7 Å². The number of sulfonamides is 1. The van der Waals surface area contributed by atoms with E-state index >= 15 is 0 Å². The third kappa shape index (κ3) is 3.88. The number of hydrogen-bond acceptors (Lipinski definition) is 3. The Bertz CT molecular complexity index is 319. The van der Waals surface area contributed by atoms with Crippen LogP contribution in [0.4, 0.5) is 0 Å². The van der Waals surface area contributed by atoms with Crippen LogP contribution >= 0.6 is 0 Å². The summed E-state index contributed by atoms with van der Waals surface area (Å²) >= 11 is 0. The maximum absolute atomic E-state index is 11.3. The molecule has 5 heteroatoms. The van der Waals surface area contributed by atoms with Gasteiger partial charge in [-0.15, -0.1) is 6.58 Å². The van der Waals surface area contributed by atoms with E-state index in [4.69, 9.17) is 0 Å². The van der Waals surface area contributed by atoms with Crippen molar-refractivity contribution in [2.75, 3.05) is 39.0 Å². The van der Waals surface area contributed by atoms with Crippen LogP contribution in [0.2, 0.25) is 0 Å². The van der Waals surface area contributed by atoms with E-state index in [1.807, 2.05) is 6.08 Å². The van der Waals surface area contributed by atoms with Crippen molar-refractivity contribution in [3.63, 3.8) is 0 Å². The maximum atomic E-state index is 11.3. The number of hydrogen-bond donors (Lipinski definition) is 0. The number of nitrogens with zero attached hydrogens (tertiary/aromatic N) is 2. The first-order valence-electron chi connectivity index (χ1n) is 5.77. The molecule has 1 rings (SSSR count). The Balaban J connectivity index is 2.40. The molecule has 0 aromatic rings. The highest BCUT2D eigenvalue weighted by atomic mass is 32.2. The molecule has 1 aliphatic heterocycles. The lowest BCUT2D eigenvalue weighted by atomic mass is 10.1. The molecule has 1 atom stereocenters. The molecule has 1 unspecified atom stereocenters. The Morgan fingerprint density at radius 3 is 2.25 bits per heavy atom. The number of rotatable bonds is 5. The quantitative estimate of drug-likeness (QED) is 0.673. The highest BCUT2D eigenvalue weighted by molar-refractivity contribution is 7.88. The van der Waals surface area contributed by atoms with Crippen molar-refractivity contribution in [1.82, 2.24) is 9.21 Å². The van der Waals surface area contributed by atoms with Gasteiger partial charge in [-0.25, -0.2) is 8.42 Å². The third-order valence-electron chi connectivity index (χ3n) is 3.15. The van der Waals surface area contributed by atoms with Crippen molar-refractivity contribution in [3.05, 3.63) is 12.7 Å². The highest BCUT2D eigenvalue weighted by Crippen LogP contribution is 2.11. The summed E-state index contributed by atoms with van der Waals surface area (Å²) in [5.41, 5.74) is 0. The Kier molecular flexibility index (Phi) is 4.95. The standard InChI is InChI=1S/C11H22N2O2S/c1-4-11(5-2)10-12-6-8-13(9-7-12)16(3,14)15/h4,11H,1,5-10H2,2-3H3. The summed E-state index contributed by atoms with van der Waals surface area (Å²) in [6.45, 7) is 9.86. The molecule has 4 nitrogen and oxygen atoms in total. The summed E-state index contributed by atoms with van der Waals surface area (Å²) in [6.07, 6.45) is 4.36. The van der Waals surface area contributed by atoms with Crippen LogP contribution in [0.1, 0.15) is 13.3 Å². The molecule has 0 aromatic heterocycles. The fourth-order valence-corrected chi connectivity index (χ4v) is 2.77.